The number of amides is 9. The third kappa shape index (κ3) is 18.0. The number of likely N-dealkylation sites (tertiary alicyclic amines) is 2. The number of carbonyl (C=O) groups is 9. The Morgan fingerprint density at radius 3 is 2.07 bits per heavy atom. The molecule has 9 amide bonds. The van der Waals surface area contributed by atoms with Gasteiger partial charge in [0.1, 0.15) is 42.0 Å². The molecule has 76 heavy (non-hydrogen) atoms. The number of nitrogens with one attached hydrogen (secondary N) is 8. The summed E-state index contributed by atoms with van der Waals surface area (Å²) in [5.74, 6) is -5.75. The smallest absolute Gasteiger partial charge is 0.245 e. The Morgan fingerprint density at radius 1 is 0.750 bits per heavy atom. The molecule has 0 spiro atoms. The number of H-pyrrole nitrogens is 1. The fourth-order valence-corrected chi connectivity index (χ4v) is 9.18. The highest BCUT2D eigenvalue weighted by Gasteiger charge is 2.39. The first-order valence-electron chi connectivity index (χ1n) is 25.8. The Balaban J connectivity index is 1.26. The van der Waals surface area contributed by atoms with Crippen LogP contribution >= 0.6 is 0 Å². The first kappa shape index (κ1) is 59.1. The Hall–Kier alpha value is -7.76. The van der Waals surface area contributed by atoms with E-state index in [9.17, 15) is 53.4 Å². The van der Waals surface area contributed by atoms with Crippen molar-refractivity contribution in [1.29, 1.82) is 0 Å². The van der Waals surface area contributed by atoms with E-state index < -0.39 is 109 Å². The van der Waals surface area contributed by atoms with Crippen molar-refractivity contribution in [2.24, 2.45) is 28.3 Å². The number of piperidine rings is 1. The van der Waals surface area contributed by atoms with Crippen LogP contribution in [0, 0.1) is 11.8 Å². The van der Waals surface area contributed by atoms with Crippen LogP contribution in [0.15, 0.2) is 59.7 Å². The van der Waals surface area contributed by atoms with Gasteiger partial charge in [0, 0.05) is 63.0 Å². The number of fused-ring (bicyclic) bond motifs is 1. The van der Waals surface area contributed by atoms with Crippen LogP contribution in [0.4, 0.5) is 0 Å². The van der Waals surface area contributed by atoms with Crippen LogP contribution in [0.5, 0.6) is 5.75 Å². The standard InChI is InChI=1S/C52H75N13O11/c1-30(2)23-39(47(72)61-38(11-7-19-55-52(54)64-21-17-31(3)18-22-64)51(76)65-20-8-12-43(65)50(75)57-27-44(53)69)60-45(70)28-58-46(71)40(24-33-13-15-35(68)16-14-33)62-49(74)42(29-66)63-48(73)41(59-32(4)67)25-34-26-56-37-10-6-5-9-36(34)37/h5-6,9-10,13-16,26,30-31,38-43,56,66,68H,7-8,11-12,17-25,27-29H2,1-4H3,(H2,53,69)(H2,54,55)(H,57,75)(H,58,71)(H,59,67)(H,60,70)(H,61,72)(H,62,74)(H,63,73)/t38-,39-,40-,41-,42-,43-/m0/s1. The molecule has 3 aromatic rings. The molecule has 0 bridgehead atoms. The molecule has 2 saturated heterocycles. The van der Waals surface area contributed by atoms with E-state index in [1.54, 1.807) is 6.20 Å². The molecule has 2 aliphatic rings. The number of aliphatic imine (C=N–C) groups is 1. The summed E-state index contributed by atoms with van der Waals surface area (Å²) in [6.07, 6.45) is 4.85. The number of aliphatic hydroxyl groups is 1. The lowest BCUT2D eigenvalue weighted by Crippen LogP contribution is -2.59. The van der Waals surface area contributed by atoms with Crippen molar-refractivity contribution in [2.45, 2.75) is 122 Å². The summed E-state index contributed by atoms with van der Waals surface area (Å²) < 4.78 is 0. The summed E-state index contributed by atoms with van der Waals surface area (Å²) in [6.45, 7) is 7.06. The summed E-state index contributed by atoms with van der Waals surface area (Å²) in [7, 11) is 0. The highest BCUT2D eigenvalue weighted by atomic mass is 16.3. The molecule has 5 rings (SSSR count). The second-order valence-electron chi connectivity index (χ2n) is 19.9. The van der Waals surface area contributed by atoms with E-state index in [0.29, 0.717) is 42.3 Å². The Labute approximate surface area is 441 Å². The first-order valence-corrected chi connectivity index (χ1v) is 25.8. The van der Waals surface area contributed by atoms with Gasteiger partial charge in [-0.25, -0.2) is 0 Å². The van der Waals surface area contributed by atoms with Crippen molar-refractivity contribution in [3.05, 3.63) is 65.9 Å². The number of phenols is 1. The van der Waals surface area contributed by atoms with E-state index in [2.05, 4.69) is 54.1 Å². The average Bonchev–Trinajstić information content (AvgIpc) is 4.05. The topological polar surface area (TPSA) is 365 Å². The van der Waals surface area contributed by atoms with Gasteiger partial charge in [0.05, 0.1) is 19.7 Å². The average molecular weight is 1060 g/mol. The Morgan fingerprint density at radius 2 is 1.39 bits per heavy atom. The molecule has 2 fully saturated rings. The van der Waals surface area contributed by atoms with Gasteiger partial charge in [-0.1, -0.05) is 51.1 Å². The van der Waals surface area contributed by atoms with Gasteiger partial charge in [-0.05, 0) is 86.1 Å². The number of aromatic amines is 1. The third-order valence-electron chi connectivity index (χ3n) is 13.3. The number of primary amides is 1. The second kappa shape index (κ2) is 28.8. The minimum Gasteiger partial charge on any atom is -0.508 e. The van der Waals surface area contributed by atoms with Crippen molar-refractivity contribution >= 4 is 70.0 Å². The van der Waals surface area contributed by atoms with Gasteiger partial charge < -0.3 is 73.7 Å². The maximum absolute atomic E-state index is 14.3. The molecule has 0 saturated carbocycles. The monoisotopic (exact) mass is 1060 g/mol. The van der Waals surface area contributed by atoms with E-state index in [0.717, 1.165) is 36.8 Å². The number of para-hydroxylation sites is 1. The highest BCUT2D eigenvalue weighted by molar-refractivity contribution is 5.97. The maximum Gasteiger partial charge on any atom is 0.245 e. The zero-order valence-electron chi connectivity index (χ0n) is 43.7. The number of nitrogens with two attached hydrogens (primary N) is 2. The number of rotatable bonds is 26. The summed E-state index contributed by atoms with van der Waals surface area (Å²) in [5, 5.41) is 39.1. The highest BCUT2D eigenvalue weighted by Crippen LogP contribution is 2.22. The fraction of sp³-hybridized carbons (Fsp3) is 0.538. The van der Waals surface area contributed by atoms with Crippen LogP contribution < -0.4 is 48.7 Å². The molecule has 0 radical (unpaired) electrons. The molecule has 6 atom stereocenters. The maximum atomic E-state index is 14.3. The van der Waals surface area contributed by atoms with E-state index in [1.165, 1.54) is 36.1 Å². The van der Waals surface area contributed by atoms with E-state index in [4.69, 9.17) is 11.5 Å². The lowest BCUT2D eigenvalue weighted by Gasteiger charge is -2.31. The minimum atomic E-state index is -1.60. The number of nitrogens with zero attached hydrogens (tertiary/aromatic N) is 3. The molecular formula is C52H75N13O11. The van der Waals surface area contributed by atoms with E-state index in [1.807, 2.05) is 43.0 Å². The summed E-state index contributed by atoms with van der Waals surface area (Å²) in [4.78, 5) is 131. The molecule has 3 heterocycles. The molecule has 414 valence electrons. The Kier molecular flexibility index (Phi) is 22.4. The molecule has 0 aliphatic carbocycles. The largest absolute Gasteiger partial charge is 0.508 e. The van der Waals surface area contributed by atoms with E-state index >= 15 is 0 Å². The van der Waals surface area contributed by atoms with Crippen molar-refractivity contribution in [2.75, 3.05) is 45.9 Å². The fourth-order valence-electron chi connectivity index (χ4n) is 9.18. The molecule has 0 unspecified atom stereocenters. The zero-order valence-corrected chi connectivity index (χ0v) is 43.7. The lowest BCUT2D eigenvalue weighted by atomic mass is 10.00. The van der Waals surface area contributed by atoms with E-state index in [-0.39, 0.29) is 50.4 Å². The molecule has 2 aromatic carbocycles. The van der Waals surface area contributed by atoms with Gasteiger partial charge >= 0.3 is 0 Å². The minimum absolute atomic E-state index is 0.0332. The Bertz CT molecular complexity index is 2540. The number of guanidine groups is 1. The molecule has 1 aromatic heterocycles. The molecule has 24 heteroatoms. The van der Waals surface area contributed by atoms with Crippen molar-refractivity contribution in [3.8, 4) is 5.75 Å². The summed E-state index contributed by atoms with van der Waals surface area (Å²) in [5.41, 5.74) is 13.5. The molecular weight excluding hydrogens is 983 g/mol. The SMILES string of the molecule is CC(=O)N[C@@H](Cc1c[nH]c2ccccc12)C(=O)N[C@@H](CO)C(=O)N[C@@H](Cc1ccc(O)cc1)C(=O)NCC(=O)N[C@@H](CC(C)C)C(=O)N[C@@H](CCCN=C(N)N1CCC(C)CC1)C(=O)N1CCC[C@H]1C(=O)NCC(N)=O. The van der Waals surface area contributed by atoms with Crippen molar-refractivity contribution in [3.63, 3.8) is 0 Å². The number of aromatic hydroxyl groups is 1. The number of aliphatic hydroxyl groups excluding tert-OH is 1. The van der Waals surface area contributed by atoms with Gasteiger partial charge in [0.15, 0.2) is 5.96 Å². The lowest BCUT2D eigenvalue weighted by molar-refractivity contribution is -0.142. The number of phenolic OH excluding ortho intramolecular Hbond substituents is 1. The number of hydrogen-bond donors (Lipinski definition) is 12. The molecule has 24 nitrogen and oxygen atoms in total. The van der Waals surface area contributed by atoms with Crippen molar-refractivity contribution in [1.82, 2.24) is 52.0 Å². The number of aromatic nitrogens is 1. The van der Waals surface area contributed by atoms with Gasteiger partial charge in [-0.15, -0.1) is 0 Å². The van der Waals surface area contributed by atoms with Crippen LogP contribution in [-0.2, 0) is 56.0 Å². The van der Waals surface area contributed by atoms with Crippen LogP contribution in [-0.4, -0.2) is 166 Å². The van der Waals surface area contributed by atoms with Crippen LogP contribution in [0.25, 0.3) is 10.9 Å². The van der Waals surface area contributed by atoms with Crippen LogP contribution in [0.1, 0.15) is 83.8 Å². The van der Waals surface area contributed by atoms with Gasteiger partial charge in [0.25, 0.3) is 0 Å². The quantitative estimate of drug-likeness (QED) is 0.0253. The second-order valence-corrected chi connectivity index (χ2v) is 19.9. The third-order valence-corrected chi connectivity index (χ3v) is 13.3. The predicted molar refractivity (Wildman–Crippen MR) is 281 cm³/mol. The van der Waals surface area contributed by atoms with Gasteiger partial charge in [-0.2, -0.15) is 0 Å². The molecule has 14 N–H and O–H groups in total. The predicted octanol–water partition coefficient (Wildman–Crippen LogP) is -1.32. The number of hydrogen-bond acceptors (Lipinski definition) is 12. The first-order chi connectivity index (χ1) is 36.2. The van der Waals surface area contributed by atoms with Gasteiger partial charge in [0.2, 0.25) is 53.2 Å². The van der Waals surface area contributed by atoms with Crippen LogP contribution in [0.3, 0.4) is 0 Å². The number of carbonyl (C=O) groups excluding carboxylic acids is 9. The van der Waals surface area contributed by atoms with Crippen molar-refractivity contribution < 1.29 is 53.4 Å². The summed E-state index contributed by atoms with van der Waals surface area (Å²) >= 11 is 0. The van der Waals surface area contributed by atoms with Gasteiger partial charge in [-0.3, -0.25) is 48.1 Å². The summed E-state index contributed by atoms with van der Waals surface area (Å²) in [6, 6.07) is 5.66. The normalized spacial score (nSPS) is 16.9. The van der Waals surface area contributed by atoms with Crippen LogP contribution in [0.2, 0.25) is 0 Å². The number of benzene rings is 2. The zero-order chi connectivity index (χ0) is 55.5. The molecule has 2 aliphatic heterocycles.